The van der Waals surface area contributed by atoms with E-state index >= 15 is 0 Å². The van der Waals surface area contributed by atoms with Crippen LogP contribution >= 0.6 is 0 Å². The van der Waals surface area contributed by atoms with Gasteiger partial charge in [-0.3, -0.25) is 0 Å². The fraction of sp³-hybridized carbons (Fsp3) is 1.00. The van der Waals surface area contributed by atoms with Gasteiger partial charge in [0.2, 0.25) is 0 Å². The van der Waals surface area contributed by atoms with Crippen LogP contribution in [-0.2, 0) is 4.74 Å². The molecule has 90 valence electrons. The highest BCUT2D eigenvalue weighted by Gasteiger charge is 2.31. The van der Waals surface area contributed by atoms with E-state index in [2.05, 4.69) is 19.2 Å². The van der Waals surface area contributed by atoms with Crippen molar-refractivity contribution in [1.82, 2.24) is 5.32 Å². The van der Waals surface area contributed by atoms with Gasteiger partial charge in [-0.15, -0.1) is 0 Å². The number of hydrogen-bond acceptors (Lipinski definition) is 2. The van der Waals surface area contributed by atoms with Crippen molar-refractivity contribution in [2.45, 2.75) is 52.4 Å². The molecule has 0 unspecified atom stereocenters. The molecule has 1 aliphatic rings. The van der Waals surface area contributed by atoms with E-state index < -0.39 is 0 Å². The Labute approximate surface area is 94.8 Å². The lowest BCUT2D eigenvalue weighted by Crippen LogP contribution is -2.40. The van der Waals surface area contributed by atoms with Crippen molar-refractivity contribution in [3.63, 3.8) is 0 Å². The van der Waals surface area contributed by atoms with Gasteiger partial charge in [0.15, 0.2) is 0 Å². The third-order valence-corrected chi connectivity index (χ3v) is 3.45. The maximum atomic E-state index is 5.67. The van der Waals surface area contributed by atoms with E-state index in [4.69, 9.17) is 4.74 Å². The van der Waals surface area contributed by atoms with Crippen molar-refractivity contribution in [2.75, 3.05) is 26.3 Å². The van der Waals surface area contributed by atoms with Crippen LogP contribution in [0.5, 0.6) is 0 Å². The van der Waals surface area contributed by atoms with Gasteiger partial charge >= 0.3 is 0 Å². The quantitative estimate of drug-likeness (QED) is 0.656. The summed E-state index contributed by atoms with van der Waals surface area (Å²) in [6.45, 7) is 8.43. The highest BCUT2D eigenvalue weighted by atomic mass is 16.5. The van der Waals surface area contributed by atoms with Crippen molar-refractivity contribution >= 4 is 0 Å². The Kier molecular flexibility index (Phi) is 6.26. The minimum absolute atomic E-state index is 0.448. The van der Waals surface area contributed by atoms with Crippen molar-refractivity contribution in [3.05, 3.63) is 0 Å². The van der Waals surface area contributed by atoms with Crippen LogP contribution in [0.1, 0.15) is 52.4 Å². The van der Waals surface area contributed by atoms with E-state index in [0.717, 1.165) is 26.3 Å². The number of nitrogens with one attached hydrogen (secondary N) is 1. The first-order valence-corrected chi connectivity index (χ1v) is 6.61. The van der Waals surface area contributed by atoms with Crippen LogP contribution in [0.15, 0.2) is 0 Å². The molecule has 2 nitrogen and oxygen atoms in total. The highest BCUT2D eigenvalue weighted by Crippen LogP contribution is 2.36. The molecule has 0 saturated heterocycles. The number of hydrogen-bond donors (Lipinski definition) is 1. The van der Waals surface area contributed by atoms with E-state index in [1.54, 1.807) is 0 Å². The second-order valence-electron chi connectivity index (χ2n) is 4.87. The Morgan fingerprint density at radius 1 is 1.13 bits per heavy atom. The first-order chi connectivity index (χ1) is 7.33. The van der Waals surface area contributed by atoms with Crippen LogP contribution < -0.4 is 5.32 Å². The van der Waals surface area contributed by atoms with Gasteiger partial charge in [-0.2, -0.15) is 0 Å². The van der Waals surface area contributed by atoms with E-state index in [1.165, 1.54) is 38.5 Å². The van der Waals surface area contributed by atoms with Crippen LogP contribution in [-0.4, -0.2) is 26.3 Å². The molecule has 0 aromatic heterocycles. The van der Waals surface area contributed by atoms with Gasteiger partial charge in [-0.1, -0.05) is 26.2 Å². The Morgan fingerprint density at radius 2 is 1.87 bits per heavy atom. The van der Waals surface area contributed by atoms with Gasteiger partial charge in [-0.05, 0) is 32.7 Å². The number of rotatable bonds is 7. The normalized spacial score (nSPS) is 20.4. The zero-order chi connectivity index (χ0) is 11.0. The van der Waals surface area contributed by atoms with Gasteiger partial charge in [-0.25, -0.2) is 0 Å². The molecule has 0 aromatic rings. The minimum Gasteiger partial charge on any atom is -0.381 e. The van der Waals surface area contributed by atoms with Gasteiger partial charge in [0.1, 0.15) is 0 Å². The third-order valence-electron chi connectivity index (χ3n) is 3.45. The standard InChI is InChI=1S/C13H27NO/c1-3-10-14-11-13(12-15-4-2)8-6-5-7-9-13/h14H,3-12H2,1-2H3. The first kappa shape index (κ1) is 13.0. The summed E-state index contributed by atoms with van der Waals surface area (Å²) in [5.74, 6) is 0. The van der Waals surface area contributed by atoms with Crippen molar-refractivity contribution in [1.29, 1.82) is 0 Å². The Balaban J connectivity index is 2.35. The van der Waals surface area contributed by atoms with Gasteiger partial charge in [0.05, 0.1) is 6.61 Å². The zero-order valence-electron chi connectivity index (χ0n) is 10.5. The summed E-state index contributed by atoms with van der Waals surface area (Å²) < 4.78 is 5.67. The Hall–Kier alpha value is -0.0800. The topological polar surface area (TPSA) is 21.3 Å². The maximum absolute atomic E-state index is 5.67. The molecule has 0 amide bonds. The summed E-state index contributed by atoms with van der Waals surface area (Å²) in [6.07, 6.45) is 8.13. The molecule has 1 rings (SSSR count). The fourth-order valence-electron chi connectivity index (χ4n) is 2.52. The van der Waals surface area contributed by atoms with E-state index in [-0.39, 0.29) is 0 Å². The highest BCUT2D eigenvalue weighted by molar-refractivity contribution is 4.84. The second-order valence-corrected chi connectivity index (χ2v) is 4.87. The first-order valence-electron chi connectivity index (χ1n) is 6.61. The smallest absolute Gasteiger partial charge is 0.0534 e. The minimum atomic E-state index is 0.448. The average Bonchev–Trinajstić information content (AvgIpc) is 2.28. The molecule has 0 spiro atoms. The van der Waals surface area contributed by atoms with Crippen LogP contribution in [0.25, 0.3) is 0 Å². The van der Waals surface area contributed by atoms with E-state index in [1.807, 2.05) is 0 Å². The monoisotopic (exact) mass is 213 g/mol. The lowest BCUT2D eigenvalue weighted by Gasteiger charge is -2.37. The average molecular weight is 213 g/mol. The summed E-state index contributed by atoms with van der Waals surface area (Å²) in [5.41, 5.74) is 0.448. The summed E-state index contributed by atoms with van der Waals surface area (Å²) in [7, 11) is 0. The summed E-state index contributed by atoms with van der Waals surface area (Å²) in [6, 6.07) is 0. The molecule has 15 heavy (non-hydrogen) atoms. The maximum Gasteiger partial charge on any atom is 0.0534 e. The van der Waals surface area contributed by atoms with E-state index in [0.29, 0.717) is 5.41 Å². The molecule has 1 aliphatic carbocycles. The van der Waals surface area contributed by atoms with Crippen molar-refractivity contribution in [3.8, 4) is 0 Å². The Bertz CT molecular complexity index is 153. The summed E-state index contributed by atoms with van der Waals surface area (Å²) in [5, 5.41) is 3.57. The molecule has 2 heteroatoms. The molecule has 1 saturated carbocycles. The van der Waals surface area contributed by atoms with Crippen molar-refractivity contribution < 1.29 is 4.74 Å². The Morgan fingerprint density at radius 3 is 2.47 bits per heavy atom. The van der Waals surface area contributed by atoms with Crippen LogP contribution in [0.3, 0.4) is 0 Å². The molecule has 0 radical (unpaired) electrons. The van der Waals surface area contributed by atoms with Crippen LogP contribution in [0, 0.1) is 5.41 Å². The van der Waals surface area contributed by atoms with E-state index in [9.17, 15) is 0 Å². The van der Waals surface area contributed by atoms with Gasteiger partial charge in [0, 0.05) is 18.6 Å². The molecular weight excluding hydrogens is 186 g/mol. The molecule has 0 bridgehead atoms. The largest absolute Gasteiger partial charge is 0.381 e. The molecule has 0 aliphatic heterocycles. The van der Waals surface area contributed by atoms with Crippen molar-refractivity contribution in [2.24, 2.45) is 5.41 Å². The molecule has 0 heterocycles. The number of ether oxygens (including phenoxy) is 1. The zero-order valence-corrected chi connectivity index (χ0v) is 10.5. The summed E-state index contributed by atoms with van der Waals surface area (Å²) in [4.78, 5) is 0. The molecule has 0 atom stereocenters. The lowest BCUT2D eigenvalue weighted by atomic mass is 9.74. The fourth-order valence-corrected chi connectivity index (χ4v) is 2.52. The molecule has 1 fully saturated rings. The van der Waals surface area contributed by atoms with Gasteiger partial charge < -0.3 is 10.1 Å². The van der Waals surface area contributed by atoms with Crippen LogP contribution in [0.4, 0.5) is 0 Å². The second kappa shape index (κ2) is 7.24. The predicted octanol–water partition coefficient (Wildman–Crippen LogP) is 2.97. The SMILES string of the molecule is CCCNCC1(COCC)CCCCC1. The molecule has 0 aromatic carbocycles. The molecule has 1 N–H and O–H groups in total. The summed E-state index contributed by atoms with van der Waals surface area (Å²) >= 11 is 0. The predicted molar refractivity (Wildman–Crippen MR) is 65.2 cm³/mol. The van der Waals surface area contributed by atoms with Crippen LogP contribution in [0.2, 0.25) is 0 Å². The molecular formula is C13H27NO. The third kappa shape index (κ3) is 4.52. The van der Waals surface area contributed by atoms with Gasteiger partial charge in [0.25, 0.3) is 0 Å². The lowest BCUT2D eigenvalue weighted by molar-refractivity contribution is 0.0260.